The summed E-state index contributed by atoms with van der Waals surface area (Å²) in [7, 11) is 0. The molecule has 1 aliphatic rings. The summed E-state index contributed by atoms with van der Waals surface area (Å²) >= 11 is 0. The lowest BCUT2D eigenvalue weighted by Crippen LogP contribution is -2.24. The van der Waals surface area contributed by atoms with Gasteiger partial charge in [-0.1, -0.05) is 19.4 Å². The lowest BCUT2D eigenvalue weighted by molar-refractivity contribution is 0.160. The quantitative estimate of drug-likeness (QED) is 0.522. The summed E-state index contributed by atoms with van der Waals surface area (Å²) in [6.45, 7) is 6.05. The van der Waals surface area contributed by atoms with Crippen LogP contribution in [0.2, 0.25) is 0 Å². The monoisotopic (exact) mass is 138 g/mol. The molecule has 0 amide bonds. The molecule has 2 unspecified atom stereocenters. The van der Waals surface area contributed by atoms with Crippen molar-refractivity contribution < 1.29 is 0 Å². The predicted octanol–water partition coefficient (Wildman–Crippen LogP) is 3.39. The summed E-state index contributed by atoms with van der Waals surface area (Å²) in [5.41, 5.74) is 0. The molecular weight excluding hydrogens is 120 g/mol. The van der Waals surface area contributed by atoms with E-state index in [0.717, 1.165) is 11.8 Å². The number of hydrogen-bond donors (Lipinski definition) is 0. The molecule has 58 valence electrons. The molecule has 0 saturated heterocycles. The minimum atomic E-state index is 1.04. The van der Waals surface area contributed by atoms with Crippen molar-refractivity contribution in [2.75, 3.05) is 0 Å². The average molecular weight is 138 g/mol. The molecule has 0 heteroatoms. The van der Waals surface area contributed by atoms with Gasteiger partial charge in [0.1, 0.15) is 0 Å². The van der Waals surface area contributed by atoms with Crippen LogP contribution in [0.25, 0.3) is 0 Å². The van der Waals surface area contributed by atoms with Crippen LogP contribution in [0.5, 0.6) is 0 Å². The van der Waals surface area contributed by atoms with Crippen LogP contribution < -0.4 is 0 Å². The summed E-state index contributed by atoms with van der Waals surface area (Å²) in [5, 5.41) is 0. The fourth-order valence-electron chi connectivity index (χ4n) is 1.89. The largest absolute Gasteiger partial charge is 0.103 e. The smallest absolute Gasteiger partial charge is 0.0351 e. The van der Waals surface area contributed by atoms with Gasteiger partial charge in [-0.2, -0.15) is 0 Å². The lowest BCUT2D eigenvalue weighted by atomic mass is 9.70. The molecule has 0 bridgehead atoms. The summed E-state index contributed by atoms with van der Waals surface area (Å²) in [4.78, 5) is 0. The highest BCUT2D eigenvalue weighted by atomic mass is 14.3. The molecule has 0 N–H and O–H groups in total. The Morgan fingerprint density at radius 2 is 2.10 bits per heavy atom. The normalized spacial score (nSPS) is 31.3. The van der Waals surface area contributed by atoms with E-state index in [1.165, 1.54) is 32.1 Å². The second-order valence-corrected chi connectivity index (χ2v) is 3.37. The zero-order valence-electron chi connectivity index (χ0n) is 6.97. The van der Waals surface area contributed by atoms with Crippen LogP contribution in [0, 0.1) is 11.8 Å². The Balaban J connectivity index is 2.10. The Hall–Kier alpha value is -0.260. The van der Waals surface area contributed by atoms with Crippen LogP contribution in [-0.2, 0) is 0 Å². The van der Waals surface area contributed by atoms with E-state index in [4.69, 9.17) is 0 Å². The lowest BCUT2D eigenvalue weighted by Gasteiger charge is -2.35. The maximum atomic E-state index is 3.74. The minimum absolute atomic E-state index is 1.04. The van der Waals surface area contributed by atoms with Crippen molar-refractivity contribution in [3.8, 4) is 0 Å². The summed E-state index contributed by atoms with van der Waals surface area (Å²) < 4.78 is 0. The van der Waals surface area contributed by atoms with Gasteiger partial charge in [0.2, 0.25) is 0 Å². The third kappa shape index (κ3) is 1.62. The maximum Gasteiger partial charge on any atom is -0.0351 e. The molecule has 0 aliphatic heterocycles. The van der Waals surface area contributed by atoms with Crippen LogP contribution in [0.3, 0.4) is 0 Å². The predicted molar refractivity (Wildman–Crippen MR) is 45.9 cm³/mol. The Morgan fingerprint density at radius 1 is 1.40 bits per heavy atom. The highest BCUT2D eigenvalue weighted by molar-refractivity contribution is 4.81. The fraction of sp³-hybridized carbons (Fsp3) is 0.800. The van der Waals surface area contributed by atoms with Crippen molar-refractivity contribution >= 4 is 0 Å². The van der Waals surface area contributed by atoms with E-state index < -0.39 is 0 Å². The maximum absolute atomic E-state index is 3.74. The van der Waals surface area contributed by atoms with Crippen molar-refractivity contribution in [1.82, 2.24) is 0 Å². The molecule has 1 aliphatic carbocycles. The molecule has 2 atom stereocenters. The first-order valence-corrected chi connectivity index (χ1v) is 4.49. The zero-order valence-corrected chi connectivity index (χ0v) is 6.97. The summed E-state index contributed by atoms with van der Waals surface area (Å²) in [5.74, 6) is 2.10. The van der Waals surface area contributed by atoms with Crippen LogP contribution in [0.4, 0.5) is 0 Å². The van der Waals surface area contributed by atoms with Gasteiger partial charge < -0.3 is 0 Å². The van der Waals surface area contributed by atoms with E-state index in [0.29, 0.717) is 0 Å². The van der Waals surface area contributed by atoms with Gasteiger partial charge in [-0.05, 0) is 37.5 Å². The zero-order chi connectivity index (χ0) is 7.40. The van der Waals surface area contributed by atoms with Gasteiger partial charge in [-0.3, -0.25) is 0 Å². The Kier molecular flexibility index (Phi) is 2.98. The summed E-state index contributed by atoms with van der Waals surface area (Å²) in [6.07, 6.45) is 9.01. The van der Waals surface area contributed by atoms with Gasteiger partial charge in [-0.15, -0.1) is 6.58 Å². The molecule has 1 saturated carbocycles. The molecule has 0 radical (unpaired) electrons. The van der Waals surface area contributed by atoms with Crippen molar-refractivity contribution in [2.24, 2.45) is 11.8 Å². The van der Waals surface area contributed by atoms with Crippen LogP contribution >= 0.6 is 0 Å². The van der Waals surface area contributed by atoms with E-state index in [9.17, 15) is 0 Å². The number of rotatable bonds is 4. The second-order valence-electron chi connectivity index (χ2n) is 3.37. The Morgan fingerprint density at radius 3 is 2.50 bits per heavy atom. The molecule has 0 spiro atoms. The van der Waals surface area contributed by atoms with Gasteiger partial charge in [0.25, 0.3) is 0 Å². The van der Waals surface area contributed by atoms with Gasteiger partial charge >= 0.3 is 0 Å². The molecule has 0 aromatic heterocycles. The number of allylic oxidation sites excluding steroid dienone is 1. The van der Waals surface area contributed by atoms with Crippen molar-refractivity contribution in [3.63, 3.8) is 0 Å². The van der Waals surface area contributed by atoms with E-state index in [1.54, 1.807) is 0 Å². The van der Waals surface area contributed by atoms with Gasteiger partial charge in [0.15, 0.2) is 0 Å². The second kappa shape index (κ2) is 3.80. The molecule has 0 aromatic carbocycles. The number of hydrogen-bond acceptors (Lipinski definition) is 0. The Bertz CT molecular complexity index is 103. The topological polar surface area (TPSA) is 0 Å². The molecule has 10 heavy (non-hydrogen) atoms. The van der Waals surface area contributed by atoms with Gasteiger partial charge in [-0.25, -0.2) is 0 Å². The van der Waals surface area contributed by atoms with E-state index in [1.807, 2.05) is 6.08 Å². The van der Waals surface area contributed by atoms with Crippen molar-refractivity contribution in [1.29, 1.82) is 0 Å². The summed E-state index contributed by atoms with van der Waals surface area (Å²) in [6, 6.07) is 0. The third-order valence-corrected chi connectivity index (χ3v) is 2.84. The Labute approximate surface area is 64.3 Å². The first-order chi connectivity index (χ1) is 4.88. The standard InChI is InChI=1S/C10H18/c1-3-5-6-10-8-7-9(10)4-2/h3,9-10H,1,4-8H2,2H3. The third-order valence-electron chi connectivity index (χ3n) is 2.84. The molecule has 0 heterocycles. The first-order valence-electron chi connectivity index (χ1n) is 4.49. The molecular formula is C10H18. The van der Waals surface area contributed by atoms with Crippen molar-refractivity contribution in [2.45, 2.75) is 39.0 Å². The van der Waals surface area contributed by atoms with Crippen LogP contribution in [0.1, 0.15) is 39.0 Å². The van der Waals surface area contributed by atoms with Crippen molar-refractivity contribution in [3.05, 3.63) is 12.7 Å². The SMILES string of the molecule is C=CCCC1CCC1CC. The highest BCUT2D eigenvalue weighted by Gasteiger charge is 2.27. The van der Waals surface area contributed by atoms with E-state index in [2.05, 4.69) is 13.5 Å². The average Bonchev–Trinajstić information content (AvgIpc) is 1.88. The molecule has 0 aromatic rings. The molecule has 1 rings (SSSR count). The van der Waals surface area contributed by atoms with E-state index in [-0.39, 0.29) is 0 Å². The van der Waals surface area contributed by atoms with Gasteiger partial charge in [0.05, 0.1) is 0 Å². The van der Waals surface area contributed by atoms with Gasteiger partial charge in [0, 0.05) is 0 Å². The highest BCUT2D eigenvalue weighted by Crippen LogP contribution is 2.39. The molecule has 1 fully saturated rings. The first kappa shape index (κ1) is 7.84. The fourth-order valence-corrected chi connectivity index (χ4v) is 1.89. The molecule has 0 nitrogen and oxygen atoms in total. The van der Waals surface area contributed by atoms with E-state index >= 15 is 0 Å². The van der Waals surface area contributed by atoms with Crippen LogP contribution in [-0.4, -0.2) is 0 Å². The minimum Gasteiger partial charge on any atom is -0.103 e. The van der Waals surface area contributed by atoms with Crippen LogP contribution in [0.15, 0.2) is 12.7 Å².